The lowest BCUT2D eigenvalue weighted by Crippen LogP contribution is -2.41. The van der Waals surface area contributed by atoms with Gasteiger partial charge in [0.05, 0.1) is 19.3 Å². The average Bonchev–Trinajstić information content (AvgIpc) is 2.25. The molecule has 1 aliphatic rings. The molecule has 2 unspecified atom stereocenters. The van der Waals surface area contributed by atoms with E-state index in [1.165, 1.54) is 12.8 Å². The molecule has 2 atom stereocenters. The summed E-state index contributed by atoms with van der Waals surface area (Å²) in [4.78, 5) is 0. The number of ether oxygens (including phenoxy) is 2. The third kappa shape index (κ3) is 6.46. The molecule has 1 heterocycles. The summed E-state index contributed by atoms with van der Waals surface area (Å²) in [6, 6.07) is 0.655. The fourth-order valence-electron chi connectivity index (χ4n) is 1.81. The zero-order valence-corrected chi connectivity index (χ0v) is 11.0. The second-order valence-electron chi connectivity index (χ2n) is 5.17. The average molecular weight is 229 g/mol. The van der Waals surface area contributed by atoms with Crippen LogP contribution in [0.5, 0.6) is 0 Å². The highest BCUT2D eigenvalue weighted by molar-refractivity contribution is 4.74. The normalized spacial score (nSPS) is 26.2. The fraction of sp³-hybridized carbons (Fsp3) is 1.00. The van der Waals surface area contributed by atoms with E-state index in [-0.39, 0.29) is 0 Å². The van der Waals surface area contributed by atoms with E-state index in [0.29, 0.717) is 12.1 Å². The van der Waals surface area contributed by atoms with E-state index in [1.807, 2.05) is 0 Å². The Morgan fingerprint density at radius 2 is 2.00 bits per heavy atom. The van der Waals surface area contributed by atoms with Crippen molar-refractivity contribution in [1.82, 2.24) is 5.32 Å². The maximum absolute atomic E-state index is 5.75. The summed E-state index contributed by atoms with van der Waals surface area (Å²) in [5.41, 5.74) is 0. The van der Waals surface area contributed by atoms with Crippen LogP contribution in [0, 0.1) is 5.92 Å². The van der Waals surface area contributed by atoms with E-state index in [4.69, 9.17) is 9.47 Å². The molecule has 96 valence electrons. The van der Waals surface area contributed by atoms with Crippen LogP contribution >= 0.6 is 0 Å². The molecule has 16 heavy (non-hydrogen) atoms. The van der Waals surface area contributed by atoms with Gasteiger partial charge in [0.2, 0.25) is 0 Å². The second-order valence-corrected chi connectivity index (χ2v) is 5.17. The van der Waals surface area contributed by atoms with Crippen molar-refractivity contribution in [3.05, 3.63) is 0 Å². The number of hydrogen-bond donors (Lipinski definition) is 1. The van der Waals surface area contributed by atoms with Crippen LogP contribution in [-0.2, 0) is 9.47 Å². The van der Waals surface area contributed by atoms with Crippen LogP contribution in [0.1, 0.15) is 40.0 Å². The highest BCUT2D eigenvalue weighted by atomic mass is 16.5. The summed E-state index contributed by atoms with van der Waals surface area (Å²) >= 11 is 0. The number of nitrogens with one attached hydrogen (secondary N) is 1. The molecule has 0 radical (unpaired) electrons. The van der Waals surface area contributed by atoms with E-state index < -0.39 is 0 Å². The summed E-state index contributed by atoms with van der Waals surface area (Å²) in [7, 11) is 0. The van der Waals surface area contributed by atoms with Crippen molar-refractivity contribution in [2.75, 3.05) is 26.4 Å². The van der Waals surface area contributed by atoms with Gasteiger partial charge in [-0.1, -0.05) is 13.8 Å². The Balaban J connectivity index is 1.87. The summed E-state index contributed by atoms with van der Waals surface area (Å²) in [5, 5.41) is 3.43. The molecule has 0 bridgehead atoms. The Kier molecular flexibility index (Phi) is 7.01. The van der Waals surface area contributed by atoms with Crippen LogP contribution in [0.3, 0.4) is 0 Å². The molecule has 0 aromatic heterocycles. The molecule has 0 aromatic carbocycles. The molecule has 3 nitrogen and oxygen atoms in total. The Bertz CT molecular complexity index is 165. The zero-order valence-electron chi connectivity index (χ0n) is 11.0. The molecule has 0 spiro atoms. The van der Waals surface area contributed by atoms with Crippen molar-refractivity contribution in [1.29, 1.82) is 0 Å². The van der Waals surface area contributed by atoms with E-state index >= 15 is 0 Å². The first-order chi connectivity index (χ1) is 7.68. The Morgan fingerprint density at radius 3 is 2.62 bits per heavy atom. The van der Waals surface area contributed by atoms with Gasteiger partial charge in [-0.05, 0) is 32.1 Å². The lowest BCUT2D eigenvalue weighted by molar-refractivity contribution is -0.00938. The molecule has 3 heteroatoms. The summed E-state index contributed by atoms with van der Waals surface area (Å²) in [6.07, 6.45) is 3.94. The van der Waals surface area contributed by atoms with Gasteiger partial charge >= 0.3 is 0 Å². The third-order valence-corrected chi connectivity index (χ3v) is 3.04. The van der Waals surface area contributed by atoms with Gasteiger partial charge in [-0.2, -0.15) is 0 Å². The standard InChI is InChI=1S/C13H27NO2/c1-11(2)6-7-15-8-9-16-13-5-4-12(3)14-10-13/h11-14H,4-10H2,1-3H3. The third-order valence-electron chi connectivity index (χ3n) is 3.04. The molecular formula is C13H27NO2. The predicted octanol–water partition coefficient (Wildman–Crippen LogP) is 2.21. The molecule has 0 aliphatic carbocycles. The van der Waals surface area contributed by atoms with Crippen molar-refractivity contribution in [3.63, 3.8) is 0 Å². The van der Waals surface area contributed by atoms with Crippen molar-refractivity contribution < 1.29 is 9.47 Å². The predicted molar refractivity (Wildman–Crippen MR) is 66.7 cm³/mol. The van der Waals surface area contributed by atoms with Gasteiger partial charge in [0, 0.05) is 19.2 Å². The lowest BCUT2D eigenvalue weighted by Gasteiger charge is -2.27. The quantitative estimate of drug-likeness (QED) is 0.679. The molecule has 1 N–H and O–H groups in total. The number of rotatable bonds is 7. The van der Waals surface area contributed by atoms with Crippen molar-refractivity contribution >= 4 is 0 Å². The zero-order chi connectivity index (χ0) is 11.8. The van der Waals surface area contributed by atoms with Crippen molar-refractivity contribution in [3.8, 4) is 0 Å². The maximum atomic E-state index is 5.75. The Labute approximate surface area is 99.9 Å². The molecule has 1 rings (SSSR count). The fourth-order valence-corrected chi connectivity index (χ4v) is 1.81. The van der Waals surface area contributed by atoms with E-state index in [0.717, 1.165) is 38.7 Å². The van der Waals surface area contributed by atoms with Crippen molar-refractivity contribution in [2.24, 2.45) is 5.92 Å². The van der Waals surface area contributed by atoms with Gasteiger partial charge in [-0.25, -0.2) is 0 Å². The molecule has 1 aliphatic heterocycles. The van der Waals surface area contributed by atoms with Gasteiger partial charge < -0.3 is 14.8 Å². The van der Waals surface area contributed by atoms with E-state index in [9.17, 15) is 0 Å². The topological polar surface area (TPSA) is 30.5 Å². The smallest absolute Gasteiger partial charge is 0.0704 e. The lowest BCUT2D eigenvalue weighted by atomic mass is 10.0. The van der Waals surface area contributed by atoms with Crippen LogP contribution in [-0.4, -0.2) is 38.5 Å². The first-order valence-electron chi connectivity index (χ1n) is 6.61. The summed E-state index contributed by atoms with van der Waals surface area (Å²) in [6.45, 7) is 9.99. The molecule has 0 saturated carbocycles. The summed E-state index contributed by atoms with van der Waals surface area (Å²) in [5.74, 6) is 0.727. The first kappa shape index (κ1) is 13.9. The van der Waals surface area contributed by atoms with Gasteiger partial charge in [-0.3, -0.25) is 0 Å². The maximum Gasteiger partial charge on any atom is 0.0704 e. The largest absolute Gasteiger partial charge is 0.379 e. The molecular weight excluding hydrogens is 202 g/mol. The SMILES string of the molecule is CC(C)CCOCCOC1CCC(C)NC1. The minimum atomic E-state index is 0.393. The molecule has 0 aromatic rings. The summed E-state index contributed by atoms with van der Waals surface area (Å²) < 4.78 is 11.3. The highest BCUT2D eigenvalue weighted by Gasteiger charge is 2.17. The van der Waals surface area contributed by atoms with Crippen LogP contribution in [0.15, 0.2) is 0 Å². The Morgan fingerprint density at radius 1 is 1.19 bits per heavy atom. The van der Waals surface area contributed by atoms with Crippen LogP contribution in [0.4, 0.5) is 0 Å². The van der Waals surface area contributed by atoms with Gasteiger partial charge in [0.25, 0.3) is 0 Å². The minimum Gasteiger partial charge on any atom is -0.379 e. The number of hydrogen-bond acceptors (Lipinski definition) is 3. The molecule has 1 fully saturated rings. The Hall–Kier alpha value is -0.120. The highest BCUT2D eigenvalue weighted by Crippen LogP contribution is 2.10. The second kappa shape index (κ2) is 8.04. The first-order valence-corrected chi connectivity index (χ1v) is 6.61. The minimum absolute atomic E-state index is 0.393. The van der Waals surface area contributed by atoms with Crippen LogP contribution in [0.25, 0.3) is 0 Å². The van der Waals surface area contributed by atoms with Gasteiger partial charge in [-0.15, -0.1) is 0 Å². The monoisotopic (exact) mass is 229 g/mol. The van der Waals surface area contributed by atoms with Crippen molar-refractivity contribution in [2.45, 2.75) is 52.2 Å². The molecule has 0 amide bonds. The van der Waals surface area contributed by atoms with Gasteiger partial charge in [0.1, 0.15) is 0 Å². The van der Waals surface area contributed by atoms with E-state index in [1.54, 1.807) is 0 Å². The van der Waals surface area contributed by atoms with Crippen LogP contribution in [0.2, 0.25) is 0 Å². The van der Waals surface area contributed by atoms with Gasteiger partial charge in [0.15, 0.2) is 0 Å². The van der Waals surface area contributed by atoms with E-state index in [2.05, 4.69) is 26.1 Å². The van der Waals surface area contributed by atoms with Crippen LogP contribution < -0.4 is 5.32 Å². The molecule has 1 saturated heterocycles. The number of piperidine rings is 1.